The summed E-state index contributed by atoms with van der Waals surface area (Å²) in [5.74, 6) is 0.626. The van der Waals surface area contributed by atoms with Crippen LogP contribution in [-0.4, -0.2) is 59.1 Å². The summed E-state index contributed by atoms with van der Waals surface area (Å²) in [4.78, 5) is 19.0. The lowest BCUT2D eigenvalue weighted by Crippen LogP contribution is -2.45. The molecular weight excluding hydrogens is 356 g/mol. The van der Waals surface area contributed by atoms with Crippen molar-refractivity contribution in [3.05, 3.63) is 46.2 Å². The number of thioether (sulfide) groups is 1. The monoisotopic (exact) mass is 384 g/mol. The van der Waals surface area contributed by atoms with Crippen molar-refractivity contribution < 1.29 is 0 Å². The van der Waals surface area contributed by atoms with Crippen molar-refractivity contribution in [3.63, 3.8) is 0 Å². The first-order valence-electron chi connectivity index (χ1n) is 9.79. The van der Waals surface area contributed by atoms with Gasteiger partial charge >= 0.3 is 0 Å². The number of hydrogen-bond donors (Lipinski definition) is 0. The van der Waals surface area contributed by atoms with E-state index in [-0.39, 0.29) is 5.56 Å². The third-order valence-electron chi connectivity index (χ3n) is 5.55. The van der Waals surface area contributed by atoms with E-state index in [4.69, 9.17) is 5.10 Å². The first-order chi connectivity index (χ1) is 13.1. The molecule has 144 valence electrons. The fourth-order valence-corrected chi connectivity index (χ4v) is 3.94. The maximum absolute atomic E-state index is 13.0. The average Bonchev–Trinajstić information content (AvgIpc) is 3.51. The summed E-state index contributed by atoms with van der Waals surface area (Å²) in [6.45, 7) is 5.62. The molecule has 1 saturated carbocycles. The molecule has 0 unspecified atom stereocenters. The third kappa shape index (κ3) is 4.62. The highest BCUT2D eigenvalue weighted by Crippen LogP contribution is 2.30. The van der Waals surface area contributed by atoms with Crippen molar-refractivity contribution in [3.8, 4) is 11.3 Å². The molecule has 0 amide bonds. The van der Waals surface area contributed by atoms with Crippen LogP contribution in [0.4, 0.5) is 0 Å². The van der Waals surface area contributed by atoms with Crippen LogP contribution in [0.5, 0.6) is 0 Å². The smallest absolute Gasteiger partial charge is 0.271 e. The largest absolute Gasteiger partial charge is 0.304 e. The minimum Gasteiger partial charge on any atom is -0.304 e. The summed E-state index contributed by atoms with van der Waals surface area (Å²) < 4.78 is 1.72. The van der Waals surface area contributed by atoms with Gasteiger partial charge in [-0.1, -0.05) is 12.1 Å². The molecule has 2 heterocycles. The molecule has 0 bridgehead atoms. The molecule has 0 spiro atoms. The Balaban J connectivity index is 1.64. The van der Waals surface area contributed by atoms with E-state index >= 15 is 0 Å². The fraction of sp³-hybridized carbons (Fsp3) is 0.524. The molecule has 2 fully saturated rings. The zero-order valence-corrected chi connectivity index (χ0v) is 17.0. The molecule has 1 aliphatic heterocycles. The zero-order valence-electron chi connectivity index (χ0n) is 16.2. The quantitative estimate of drug-likeness (QED) is 0.717. The second-order valence-corrected chi connectivity index (χ2v) is 8.67. The first kappa shape index (κ1) is 18.7. The van der Waals surface area contributed by atoms with E-state index in [1.165, 1.54) is 17.7 Å². The summed E-state index contributed by atoms with van der Waals surface area (Å²) in [6, 6.07) is 10.5. The van der Waals surface area contributed by atoms with Crippen LogP contribution in [0, 0.1) is 5.92 Å². The minimum atomic E-state index is 0.0883. The summed E-state index contributed by atoms with van der Waals surface area (Å²) >= 11 is 1.74. The van der Waals surface area contributed by atoms with Crippen molar-refractivity contribution in [1.29, 1.82) is 0 Å². The summed E-state index contributed by atoms with van der Waals surface area (Å²) in [7, 11) is 2.16. The predicted octanol–water partition coefficient (Wildman–Crippen LogP) is 2.79. The van der Waals surface area contributed by atoms with E-state index in [2.05, 4.69) is 47.4 Å². The number of rotatable bonds is 6. The van der Waals surface area contributed by atoms with Gasteiger partial charge in [0.05, 0.1) is 5.69 Å². The third-order valence-corrected chi connectivity index (χ3v) is 6.30. The van der Waals surface area contributed by atoms with Gasteiger partial charge in [-0.2, -0.15) is 5.10 Å². The fourth-order valence-electron chi connectivity index (χ4n) is 3.53. The number of piperazine rings is 1. The van der Waals surface area contributed by atoms with Crippen molar-refractivity contribution in [1.82, 2.24) is 19.6 Å². The van der Waals surface area contributed by atoms with Gasteiger partial charge in [0.2, 0.25) is 0 Å². The number of likely N-dealkylation sites (N-methyl/N-ethyl adjacent to an activating group) is 1. The first-order valence-corrected chi connectivity index (χ1v) is 11.0. The topological polar surface area (TPSA) is 41.4 Å². The number of aromatic nitrogens is 2. The molecule has 6 heteroatoms. The predicted molar refractivity (Wildman–Crippen MR) is 111 cm³/mol. The van der Waals surface area contributed by atoms with Gasteiger partial charge in [0.15, 0.2) is 0 Å². The average molecular weight is 385 g/mol. The Morgan fingerprint density at radius 2 is 1.81 bits per heavy atom. The molecule has 2 aliphatic rings. The molecule has 0 radical (unpaired) electrons. The SMILES string of the molecule is CSc1ccc(-c2cc(CN3CCN(C)CC3)c(=O)n(CC3CC3)n2)cc1. The second-order valence-electron chi connectivity index (χ2n) is 7.79. The van der Waals surface area contributed by atoms with Gasteiger partial charge in [-0.3, -0.25) is 9.69 Å². The Morgan fingerprint density at radius 1 is 1.11 bits per heavy atom. The Labute approximate surface area is 165 Å². The molecule has 0 atom stereocenters. The van der Waals surface area contributed by atoms with Crippen LogP contribution in [0.1, 0.15) is 18.4 Å². The molecule has 1 aromatic carbocycles. The number of benzene rings is 1. The van der Waals surface area contributed by atoms with Crippen LogP contribution in [0.3, 0.4) is 0 Å². The van der Waals surface area contributed by atoms with Crippen molar-refractivity contribution in [2.24, 2.45) is 5.92 Å². The highest BCUT2D eigenvalue weighted by atomic mass is 32.2. The highest BCUT2D eigenvalue weighted by molar-refractivity contribution is 7.98. The lowest BCUT2D eigenvalue weighted by molar-refractivity contribution is 0.147. The lowest BCUT2D eigenvalue weighted by atomic mass is 10.1. The minimum absolute atomic E-state index is 0.0883. The summed E-state index contributed by atoms with van der Waals surface area (Å²) in [5.41, 5.74) is 2.95. The van der Waals surface area contributed by atoms with Crippen molar-refractivity contribution in [2.45, 2.75) is 30.8 Å². The van der Waals surface area contributed by atoms with Gasteiger partial charge < -0.3 is 4.90 Å². The standard InChI is InChI=1S/C21H28N4OS/c1-23-9-11-24(12-10-23)15-18-13-20(17-5-7-19(27-2)8-6-17)22-25(21(18)26)14-16-3-4-16/h5-8,13,16H,3-4,9-12,14-15H2,1-2H3. The van der Waals surface area contributed by atoms with Crippen LogP contribution < -0.4 is 5.56 Å². The summed E-state index contributed by atoms with van der Waals surface area (Å²) in [6.07, 6.45) is 4.51. The molecule has 1 aliphatic carbocycles. The van der Waals surface area contributed by atoms with E-state index in [1.54, 1.807) is 16.4 Å². The van der Waals surface area contributed by atoms with E-state index in [0.29, 0.717) is 5.92 Å². The van der Waals surface area contributed by atoms with E-state index in [0.717, 1.165) is 56.1 Å². The van der Waals surface area contributed by atoms with Gasteiger partial charge in [-0.25, -0.2) is 4.68 Å². The Kier molecular flexibility index (Phi) is 5.66. The Hall–Kier alpha value is -1.63. The van der Waals surface area contributed by atoms with Crippen LogP contribution >= 0.6 is 11.8 Å². The van der Waals surface area contributed by atoms with Crippen LogP contribution in [0.2, 0.25) is 0 Å². The second kappa shape index (κ2) is 8.17. The van der Waals surface area contributed by atoms with Gasteiger partial charge in [-0.15, -0.1) is 11.8 Å². The Bertz CT molecular complexity index is 836. The van der Waals surface area contributed by atoms with Gasteiger partial charge in [0, 0.05) is 55.3 Å². The molecule has 27 heavy (non-hydrogen) atoms. The van der Waals surface area contributed by atoms with Gasteiger partial charge in [0.25, 0.3) is 5.56 Å². The number of nitrogens with zero attached hydrogens (tertiary/aromatic N) is 4. The molecule has 2 aromatic rings. The molecule has 5 nitrogen and oxygen atoms in total. The van der Waals surface area contributed by atoms with E-state index in [9.17, 15) is 4.79 Å². The molecule has 1 saturated heterocycles. The maximum atomic E-state index is 13.0. The lowest BCUT2D eigenvalue weighted by Gasteiger charge is -2.32. The van der Waals surface area contributed by atoms with Crippen molar-refractivity contribution in [2.75, 3.05) is 39.5 Å². The molecule has 1 aromatic heterocycles. The Morgan fingerprint density at radius 3 is 2.44 bits per heavy atom. The van der Waals surface area contributed by atoms with Gasteiger partial charge in [0.1, 0.15) is 0 Å². The van der Waals surface area contributed by atoms with Crippen LogP contribution in [0.15, 0.2) is 40.0 Å². The van der Waals surface area contributed by atoms with E-state index < -0.39 is 0 Å². The molecular formula is C21H28N4OS. The molecule has 4 rings (SSSR count). The summed E-state index contributed by atoms with van der Waals surface area (Å²) in [5, 5.41) is 4.71. The maximum Gasteiger partial charge on any atom is 0.271 e. The van der Waals surface area contributed by atoms with Crippen LogP contribution in [-0.2, 0) is 13.1 Å². The highest BCUT2D eigenvalue weighted by Gasteiger charge is 2.24. The van der Waals surface area contributed by atoms with E-state index in [1.807, 2.05) is 6.07 Å². The normalized spacial score (nSPS) is 18.7. The molecule has 0 N–H and O–H groups in total. The van der Waals surface area contributed by atoms with Crippen molar-refractivity contribution >= 4 is 11.8 Å². The number of hydrogen-bond acceptors (Lipinski definition) is 5. The van der Waals surface area contributed by atoms with Crippen LogP contribution in [0.25, 0.3) is 11.3 Å². The zero-order chi connectivity index (χ0) is 18.8. The van der Waals surface area contributed by atoms with Gasteiger partial charge in [-0.05, 0) is 50.3 Å².